The zero-order chi connectivity index (χ0) is 26.9. The number of thiophene rings is 1. The number of hydrogen-bond donors (Lipinski definition) is 0. The molecule has 192 valence electrons. The quantitative estimate of drug-likeness (QED) is 0.222. The van der Waals surface area contributed by atoms with Gasteiger partial charge in [-0.05, 0) is 71.8 Å². The van der Waals surface area contributed by atoms with Crippen molar-refractivity contribution in [3.05, 3.63) is 133 Å². The summed E-state index contributed by atoms with van der Waals surface area (Å²) < 4.78 is 11.5. The molecule has 0 aliphatic rings. The van der Waals surface area contributed by atoms with E-state index < -0.39 is 0 Å². The maximum absolute atomic E-state index is 6.52. The summed E-state index contributed by atoms with van der Waals surface area (Å²) in [6.07, 6.45) is 0. The van der Waals surface area contributed by atoms with Crippen LogP contribution in [-0.2, 0) is 0 Å². The van der Waals surface area contributed by atoms with Crippen LogP contribution >= 0.6 is 11.3 Å². The Hall–Kier alpha value is -5.19. The Labute approximate surface area is 239 Å². The van der Waals surface area contributed by atoms with E-state index in [4.69, 9.17) is 9.40 Å². The number of aromatic nitrogens is 2. The van der Waals surface area contributed by atoms with Gasteiger partial charge in [0.05, 0.1) is 11.0 Å². The van der Waals surface area contributed by atoms with Crippen molar-refractivity contribution >= 4 is 64.4 Å². The molecule has 0 aliphatic heterocycles. The summed E-state index contributed by atoms with van der Waals surface area (Å²) in [7, 11) is 0. The van der Waals surface area contributed by atoms with Gasteiger partial charge in [-0.1, -0.05) is 72.8 Å². The van der Waals surface area contributed by atoms with Crippen molar-refractivity contribution in [2.75, 3.05) is 0 Å². The van der Waals surface area contributed by atoms with Crippen molar-refractivity contribution in [2.45, 2.75) is 0 Å². The highest BCUT2D eigenvalue weighted by molar-refractivity contribution is 7.25. The molecule has 4 heteroatoms. The molecule has 3 aromatic heterocycles. The third-order valence-electron chi connectivity index (χ3n) is 8.03. The van der Waals surface area contributed by atoms with E-state index in [-0.39, 0.29) is 0 Å². The maximum atomic E-state index is 6.52. The lowest BCUT2D eigenvalue weighted by Gasteiger charge is -2.11. The molecule has 0 fully saturated rings. The minimum absolute atomic E-state index is 0.634. The molecule has 0 bridgehead atoms. The third-order valence-corrected chi connectivity index (χ3v) is 9.18. The predicted octanol–water partition coefficient (Wildman–Crippen LogP) is 10.6. The summed E-state index contributed by atoms with van der Waals surface area (Å²) in [5.74, 6) is 0.634. The molecule has 0 radical (unpaired) electrons. The summed E-state index contributed by atoms with van der Waals surface area (Å²) >= 11 is 1.85. The van der Waals surface area contributed by atoms with E-state index in [1.165, 1.54) is 36.7 Å². The van der Waals surface area contributed by atoms with E-state index in [1.807, 2.05) is 41.7 Å². The van der Waals surface area contributed by atoms with Gasteiger partial charge < -0.3 is 8.98 Å². The van der Waals surface area contributed by atoms with E-state index in [9.17, 15) is 0 Å². The molecule has 41 heavy (non-hydrogen) atoms. The Morgan fingerprint density at radius 2 is 1.29 bits per heavy atom. The topological polar surface area (TPSA) is 31.0 Å². The number of hydrogen-bond acceptors (Lipinski definition) is 3. The summed E-state index contributed by atoms with van der Waals surface area (Å²) in [6, 6.07) is 47.2. The molecule has 0 spiro atoms. The van der Waals surface area contributed by atoms with E-state index in [0.29, 0.717) is 5.89 Å². The Morgan fingerprint density at radius 3 is 2.22 bits per heavy atom. The second-order valence-corrected chi connectivity index (χ2v) is 11.5. The summed E-state index contributed by atoms with van der Waals surface area (Å²) in [6.45, 7) is 0. The minimum Gasteiger partial charge on any atom is -0.434 e. The molecule has 0 unspecified atom stereocenters. The van der Waals surface area contributed by atoms with Crippen LogP contribution in [0.5, 0.6) is 0 Å². The van der Waals surface area contributed by atoms with Gasteiger partial charge in [-0.2, -0.15) is 0 Å². The molecule has 0 amide bonds. The molecule has 3 heterocycles. The second-order valence-electron chi connectivity index (χ2n) is 10.4. The molecule has 9 aromatic rings. The van der Waals surface area contributed by atoms with E-state index in [1.54, 1.807) is 0 Å². The first-order chi connectivity index (χ1) is 20.3. The highest BCUT2D eigenvalue weighted by Gasteiger charge is 2.19. The largest absolute Gasteiger partial charge is 0.434 e. The lowest BCUT2D eigenvalue weighted by atomic mass is 10.0. The Morgan fingerprint density at radius 1 is 0.537 bits per heavy atom. The number of rotatable bonds is 3. The van der Waals surface area contributed by atoms with Gasteiger partial charge in [-0.15, -0.1) is 11.3 Å². The number of oxazole rings is 1. The van der Waals surface area contributed by atoms with Crippen molar-refractivity contribution < 1.29 is 4.42 Å². The number of nitrogens with zero attached hydrogens (tertiary/aromatic N) is 2. The van der Waals surface area contributed by atoms with Gasteiger partial charge in [-0.25, -0.2) is 4.98 Å². The van der Waals surface area contributed by atoms with Crippen LogP contribution in [0.1, 0.15) is 0 Å². The van der Waals surface area contributed by atoms with Crippen LogP contribution in [0.3, 0.4) is 0 Å². The highest BCUT2D eigenvalue weighted by Crippen LogP contribution is 2.40. The van der Waals surface area contributed by atoms with Gasteiger partial charge >= 0.3 is 0 Å². The van der Waals surface area contributed by atoms with Crippen LogP contribution in [0.4, 0.5) is 0 Å². The third kappa shape index (κ3) is 3.41. The minimum atomic E-state index is 0.634. The number of benzene rings is 6. The van der Waals surface area contributed by atoms with Crippen LogP contribution in [0.25, 0.3) is 81.3 Å². The van der Waals surface area contributed by atoms with Crippen LogP contribution in [0, 0.1) is 0 Å². The highest BCUT2D eigenvalue weighted by atomic mass is 32.1. The molecule has 0 N–H and O–H groups in total. The molecule has 0 saturated heterocycles. The molecule has 6 aromatic carbocycles. The second kappa shape index (κ2) is 8.65. The van der Waals surface area contributed by atoms with Gasteiger partial charge in [0.1, 0.15) is 5.52 Å². The number of para-hydroxylation sites is 1. The maximum Gasteiger partial charge on any atom is 0.227 e. The van der Waals surface area contributed by atoms with E-state index in [2.05, 4.69) is 108 Å². The Bertz CT molecular complexity index is 2430. The van der Waals surface area contributed by atoms with Crippen LogP contribution in [-0.4, -0.2) is 9.55 Å². The van der Waals surface area contributed by atoms with E-state index in [0.717, 1.165) is 38.8 Å². The fourth-order valence-electron chi connectivity index (χ4n) is 6.14. The van der Waals surface area contributed by atoms with Crippen LogP contribution in [0.2, 0.25) is 0 Å². The normalized spacial score (nSPS) is 11.9. The molecular weight excluding hydrogens is 520 g/mol. The Balaban J connectivity index is 1.29. The first kappa shape index (κ1) is 22.6. The first-order valence-electron chi connectivity index (χ1n) is 13.7. The summed E-state index contributed by atoms with van der Waals surface area (Å²) in [5, 5.41) is 4.97. The van der Waals surface area contributed by atoms with Gasteiger partial charge in [0.25, 0.3) is 0 Å². The smallest absolute Gasteiger partial charge is 0.227 e. The molecule has 9 rings (SSSR count). The van der Waals surface area contributed by atoms with Crippen molar-refractivity contribution in [1.29, 1.82) is 0 Å². The lowest BCUT2D eigenvalue weighted by Crippen LogP contribution is -1.94. The molecule has 0 atom stereocenters. The van der Waals surface area contributed by atoms with Gasteiger partial charge in [0.15, 0.2) is 5.58 Å². The average molecular weight is 543 g/mol. The first-order valence-corrected chi connectivity index (χ1v) is 14.5. The number of fused-ring (bicyclic) bond motifs is 8. The van der Waals surface area contributed by atoms with Crippen molar-refractivity contribution in [3.63, 3.8) is 0 Å². The van der Waals surface area contributed by atoms with Crippen molar-refractivity contribution in [1.82, 2.24) is 9.55 Å². The molecule has 0 saturated carbocycles. The van der Waals surface area contributed by atoms with Gasteiger partial charge in [0, 0.05) is 42.2 Å². The van der Waals surface area contributed by atoms with E-state index >= 15 is 0 Å². The zero-order valence-electron chi connectivity index (χ0n) is 21.9. The summed E-state index contributed by atoms with van der Waals surface area (Å²) in [5.41, 5.74) is 8.28. The van der Waals surface area contributed by atoms with Crippen molar-refractivity contribution in [2.24, 2.45) is 0 Å². The fourth-order valence-corrected chi connectivity index (χ4v) is 7.22. The van der Waals surface area contributed by atoms with Gasteiger partial charge in [-0.3, -0.25) is 0 Å². The molecule has 3 nitrogen and oxygen atoms in total. The Kier molecular flexibility index (Phi) is 4.77. The standard InChI is InChI=1S/C37H22N2OS/c1-2-9-23(10-3-1)37-38-31-19-18-29-27-13-4-6-15-32(27)39(35(29)36(31)40-37)26-12-8-11-24(21-26)25-17-20-34-30(22-25)28-14-5-7-16-33(28)41-34/h1-22H. The SMILES string of the molecule is c1ccc(-c2nc3ccc4c5ccccc5n(-c5cccc(-c6ccc7sc8ccccc8c7c6)c5)c4c3o2)cc1. The molecule has 0 aliphatic carbocycles. The lowest BCUT2D eigenvalue weighted by molar-refractivity contribution is 0.622. The molecular formula is C37H22N2OS. The van der Waals surface area contributed by atoms with Crippen LogP contribution in [0.15, 0.2) is 138 Å². The summed E-state index contributed by atoms with van der Waals surface area (Å²) in [4.78, 5) is 4.87. The zero-order valence-corrected chi connectivity index (χ0v) is 22.7. The average Bonchev–Trinajstić information content (AvgIpc) is 3.73. The predicted molar refractivity (Wildman–Crippen MR) is 172 cm³/mol. The van der Waals surface area contributed by atoms with Gasteiger partial charge in [0.2, 0.25) is 5.89 Å². The monoisotopic (exact) mass is 542 g/mol. The van der Waals surface area contributed by atoms with Crippen LogP contribution < -0.4 is 0 Å². The van der Waals surface area contributed by atoms with Crippen molar-refractivity contribution in [3.8, 4) is 28.3 Å². The fraction of sp³-hybridized carbons (Fsp3) is 0.